The fourth-order valence-corrected chi connectivity index (χ4v) is 3.15. The zero-order chi connectivity index (χ0) is 14.1. The van der Waals surface area contributed by atoms with Gasteiger partial charge in [-0.1, -0.05) is 12.1 Å². The van der Waals surface area contributed by atoms with Gasteiger partial charge in [0.25, 0.3) is 0 Å². The molecule has 0 aliphatic rings. The van der Waals surface area contributed by atoms with Crippen LogP contribution in [0.25, 0.3) is 4.96 Å². The van der Waals surface area contributed by atoms with Crippen molar-refractivity contribution >= 4 is 16.3 Å². The number of imidazole rings is 1. The standard InChI is InChI=1S/C15H17N3OS/c1-10-9-18-14(11(2)17-15(18)20-10)8-16-7-12-3-5-13(19)6-4-12/h3-6,9,16,19H,7-8H2,1-2H3. The first kappa shape index (κ1) is 13.1. The highest BCUT2D eigenvalue weighted by molar-refractivity contribution is 7.17. The predicted octanol–water partition coefficient (Wildman–Crippen LogP) is 3.01. The van der Waals surface area contributed by atoms with Crippen molar-refractivity contribution in [1.82, 2.24) is 14.7 Å². The molecule has 0 aliphatic carbocycles. The lowest BCUT2D eigenvalue weighted by molar-refractivity contribution is 0.475. The van der Waals surface area contributed by atoms with Crippen LogP contribution in [0.2, 0.25) is 0 Å². The van der Waals surface area contributed by atoms with Gasteiger partial charge in [-0.2, -0.15) is 0 Å². The third-order valence-corrected chi connectivity index (χ3v) is 4.20. The minimum absolute atomic E-state index is 0.302. The molecule has 1 aromatic carbocycles. The second-order valence-electron chi connectivity index (χ2n) is 4.91. The Labute approximate surface area is 121 Å². The lowest BCUT2D eigenvalue weighted by Crippen LogP contribution is -2.14. The molecular formula is C15H17N3OS. The summed E-state index contributed by atoms with van der Waals surface area (Å²) in [6.07, 6.45) is 2.14. The highest BCUT2D eigenvalue weighted by atomic mass is 32.1. The highest BCUT2D eigenvalue weighted by Crippen LogP contribution is 2.20. The fraction of sp³-hybridized carbons (Fsp3) is 0.267. The number of nitrogens with zero attached hydrogens (tertiary/aromatic N) is 2. The van der Waals surface area contributed by atoms with Gasteiger partial charge in [-0.15, -0.1) is 11.3 Å². The lowest BCUT2D eigenvalue weighted by Gasteiger charge is -2.05. The molecule has 104 valence electrons. The van der Waals surface area contributed by atoms with Crippen molar-refractivity contribution in [2.24, 2.45) is 0 Å². The Kier molecular flexibility index (Phi) is 3.46. The molecule has 3 rings (SSSR count). The lowest BCUT2D eigenvalue weighted by atomic mass is 10.2. The molecule has 2 aromatic heterocycles. The number of aromatic nitrogens is 2. The molecule has 0 atom stereocenters. The first-order valence-corrected chi connectivity index (χ1v) is 7.38. The van der Waals surface area contributed by atoms with Crippen LogP contribution in [0.15, 0.2) is 30.5 Å². The number of aryl methyl sites for hydroxylation is 2. The van der Waals surface area contributed by atoms with E-state index in [1.807, 2.05) is 19.1 Å². The topological polar surface area (TPSA) is 49.6 Å². The summed E-state index contributed by atoms with van der Waals surface area (Å²) in [4.78, 5) is 6.91. The van der Waals surface area contributed by atoms with Crippen LogP contribution in [0, 0.1) is 13.8 Å². The van der Waals surface area contributed by atoms with Crippen molar-refractivity contribution in [2.45, 2.75) is 26.9 Å². The maximum Gasteiger partial charge on any atom is 0.194 e. The Bertz CT molecular complexity index is 727. The summed E-state index contributed by atoms with van der Waals surface area (Å²) < 4.78 is 2.17. The van der Waals surface area contributed by atoms with E-state index in [4.69, 9.17) is 0 Å². The summed E-state index contributed by atoms with van der Waals surface area (Å²) in [7, 11) is 0. The summed E-state index contributed by atoms with van der Waals surface area (Å²) in [5.74, 6) is 0.302. The van der Waals surface area contributed by atoms with Gasteiger partial charge in [0.05, 0.1) is 11.4 Å². The molecule has 3 aromatic rings. The van der Waals surface area contributed by atoms with Crippen molar-refractivity contribution in [2.75, 3.05) is 0 Å². The molecule has 0 saturated carbocycles. The average Bonchev–Trinajstić information content (AvgIpc) is 2.89. The molecule has 4 nitrogen and oxygen atoms in total. The van der Waals surface area contributed by atoms with Gasteiger partial charge in [-0.25, -0.2) is 4.98 Å². The van der Waals surface area contributed by atoms with Crippen molar-refractivity contribution in [3.8, 4) is 5.75 Å². The average molecular weight is 287 g/mol. The van der Waals surface area contributed by atoms with E-state index < -0.39 is 0 Å². The van der Waals surface area contributed by atoms with Crippen LogP contribution in [0.4, 0.5) is 0 Å². The van der Waals surface area contributed by atoms with Gasteiger partial charge < -0.3 is 10.4 Å². The first-order valence-electron chi connectivity index (χ1n) is 6.56. The van der Waals surface area contributed by atoms with Crippen molar-refractivity contribution < 1.29 is 5.11 Å². The number of benzene rings is 1. The first-order chi connectivity index (χ1) is 9.63. The number of rotatable bonds is 4. The van der Waals surface area contributed by atoms with Crippen LogP contribution < -0.4 is 5.32 Å². The Morgan fingerprint density at radius 1 is 1.20 bits per heavy atom. The number of fused-ring (bicyclic) bond motifs is 1. The van der Waals surface area contributed by atoms with E-state index in [0.717, 1.165) is 29.3 Å². The summed E-state index contributed by atoms with van der Waals surface area (Å²) in [5.41, 5.74) is 3.44. The molecule has 0 spiro atoms. The van der Waals surface area contributed by atoms with Crippen LogP contribution in [-0.2, 0) is 13.1 Å². The maximum absolute atomic E-state index is 9.26. The highest BCUT2D eigenvalue weighted by Gasteiger charge is 2.10. The molecule has 2 heterocycles. The number of phenolic OH excluding ortho intramolecular Hbond substituents is 1. The van der Waals surface area contributed by atoms with E-state index in [1.165, 1.54) is 10.6 Å². The normalized spacial score (nSPS) is 11.3. The third kappa shape index (κ3) is 2.55. The summed E-state index contributed by atoms with van der Waals surface area (Å²) in [6, 6.07) is 7.27. The van der Waals surface area contributed by atoms with E-state index in [2.05, 4.69) is 27.8 Å². The van der Waals surface area contributed by atoms with E-state index in [0.29, 0.717) is 5.75 Å². The Balaban J connectivity index is 1.70. The van der Waals surface area contributed by atoms with Crippen LogP contribution in [0.5, 0.6) is 5.75 Å². The third-order valence-electron chi connectivity index (χ3n) is 3.30. The quantitative estimate of drug-likeness (QED) is 0.775. The molecule has 0 radical (unpaired) electrons. The Morgan fingerprint density at radius 3 is 2.70 bits per heavy atom. The second kappa shape index (κ2) is 5.26. The summed E-state index contributed by atoms with van der Waals surface area (Å²) in [6.45, 7) is 5.70. The molecular weight excluding hydrogens is 270 g/mol. The smallest absolute Gasteiger partial charge is 0.194 e. The van der Waals surface area contributed by atoms with Crippen LogP contribution >= 0.6 is 11.3 Å². The van der Waals surface area contributed by atoms with Crippen LogP contribution in [-0.4, -0.2) is 14.5 Å². The van der Waals surface area contributed by atoms with Gasteiger partial charge >= 0.3 is 0 Å². The van der Waals surface area contributed by atoms with Gasteiger partial charge in [0.15, 0.2) is 4.96 Å². The van der Waals surface area contributed by atoms with Gasteiger partial charge in [-0.3, -0.25) is 4.40 Å². The van der Waals surface area contributed by atoms with E-state index in [9.17, 15) is 5.11 Å². The van der Waals surface area contributed by atoms with Gasteiger partial charge in [-0.05, 0) is 31.5 Å². The Morgan fingerprint density at radius 2 is 1.95 bits per heavy atom. The summed E-state index contributed by atoms with van der Waals surface area (Å²) >= 11 is 1.71. The fourth-order valence-electron chi connectivity index (χ4n) is 2.26. The molecule has 0 aliphatic heterocycles. The molecule has 0 bridgehead atoms. The minimum Gasteiger partial charge on any atom is -0.508 e. The van der Waals surface area contributed by atoms with Crippen molar-refractivity contribution in [1.29, 1.82) is 0 Å². The van der Waals surface area contributed by atoms with Gasteiger partial charge in [0.1, 0.15) is 5.75 Å². The van der Waals surface area contributed by atoms with Crippen LogP contribution in [0.3, 0.4) is 0 Å². The van der Waals surface area contributed by atoms with E-state index in [-0.39, 0.29) is 0 Å². The van der Waals surface area contributed by atoms with Gasteiger partial charge in [0, 0.05) is 24.2 Å². The zero-order valence-electron chi connectivity index (χ0n) is 11.6. The van der Waals surface area contributed by atoms with E-state index in [1.54, 1.807) is 23.5 Å². The number of hydrogen-bond acceptors (Lipinski definition) is 4. The summed E-state index contributed by atoms with van der Waals surface area (Å²) in [5, 5.41) is 12.7. The van der Waals surface area contributed by atoms with E-state index >= 15 is 0 Å². The van der Waals surface area contributed by atoms with Gasteiger partial charge in [0.2, 0.25) is 0 Å². The number of hydrogen-bond donors (Lipinski definition) is 2. The van der Waals surface area contributed by atoms with Crippen molar-refractivity contribution in [3.63, 3.8) is 0 Å². The molecule has 5 heteroatoms. The molecule has 0 fully saturated rings. The van der Waals surface area contributed by atoms with Crippen LogP contribution in [0.1, 0.15) is 21.8 Å². The molecule has 2 N–H and O–H groups in total. The second-order valence-corrected chi connectivity index (χ2v) is 6.12. The number of nitrogens with one attached hydrogen (secondary N) is 1. The number of phenols is 1. The monoisotopic (exact) mass is 287 g/mol. The zero-order valence-corrected chi connectivity index (χ0v) is 12.4. The molecule has 20 heavy (non-hydrogen) atoms. The minimum atomic E-state index is 0.302. The largest absolute Gasteiger partial charge is 0.508 e. The number of thiazole rings is 1. The molecule has 0 saturated heterocycles. The number of aromatic hydroxyl groups is 1. The SMILES string of the molecule is Cc1cn2c(CNCc3ccc(O)cc3)c(C)nc2s1. The van der Waals surface area contributed by atoms with Crippen molar-refractivity contribution in [3.05, 3.63) is 52.3 Å². The molecule has 0 amide bonds. The predicted molar refractivity (Wildman–Crippen MR) is 81.2 cm³/mol. The Hall–Kier alpha value is -1.85. The maximum atomic E-state index is 9.26. The molecule has 0 unspecified atom stereocenters.